The van der Waals surface area contributed by atoms with Gasteiger partial charge in [-0.25, -0.2) is 9.18 Å². The van der Waals surface area contributed by atoms with E-state index in [4.69, 9.17) is 9.15 Å². The summed E-state index contributed by atoms with van der Waals surface area (Å²) < 4.78 is 24.3. The molecule has 0 aliphatic carbocycles. The third-order valence-electron chi connectivity index (χ3n) is 4.74. The number of fused-ring (bicyclic) bond motifs is 1. The minimum atomic E-state index is -0.698. The molecule has 0 unspecified atom stereocenters. The second-order valence-electron chi connectivity index (χ2n) is 6.54. The van der Waals surface area contributed by atoms with Crippen LogP contribution < -0.4 is 10.9 Å². The molecule has 0 saturated carbocycles. The second-order valence-corrected chi connectivity index (χ2v) is 6.54. The molecule has 6 heteroatoms. The molecule has 1 saturated heterocycles. The molecular formula is C21H18FNO4. The Morgan fingerprint density at radius 1 is 1.15 bits per heavy atom. The van der Waals surface area contributed by atoms with Crippen molar-refractivity contribution in [2.75, 3.05) is 6.61 Å². The molecule has 27 heavy (non-hydrogen) atoms. The summed E-state index contributed by atoms with van der Waals surface area (Å²) >= 11 is 0. The fraction of sp³-hybridized carbons (Fsp3) is 0.238. The van der Waals surface area contributed by atoms with Crippen LogP contribution >= 0.6 is 0 Å². The number of hydrogen-bond donors (Lipinski definition) is 1. The summed E-state index contributed by atoms with van der Waals surface area (Å²) in [4.78, 5) is 25.1. The van der Waals surface area contributed by atoms with Gasteiger partial charge in [0.1, 0.15) is 17.0 Å². The fourth-order valence-electron chi connectivity index (χ4n) is 3.37. The third kappa shape index (κ3) is 3.61. The Bertz CT molecular complexity index is 1020. The molecule has 4 rings (SSSR count). The van der Waals surface area contributed by atoms with E-state index in [0.29, 0.717) is 17.6 Å². The molecule has 0 radical (unpaired) electrons. The van der Waals surface area contributed by atoms with Crippen molar-refractivity contribution in [1.82, 2.24) is 5.32 Å². The van der Waals surface area contributed by atoms with Crippen LogP contribution in [0.1, 0.15) is 34.8 Å². The Morgan fingerprint density at radius 2 is 1.93 bits per heavy atom. The summed E-state index contributed by atoms with van der Waals surface area (Å²) in [5.41, 5.74) is 0.380. The number of para-hydroxylation sites is 1. The third-order valence-corrected chi connectivity index (χ3v) is 4.74. The van der Waals surface area contributed by atoms with Crippen molar-refractivity contribution in [3.8, 4) is 0 Å². The van der Waals surface area contributed by atoms with Gasteiger partial charge in [-0.1, -0.05) is 30.3 Å². The van der Waals surface area contributed by atoms with Crippen molar-refractivity contribution >= 4 is 16.9 Å². The Labute approximate surface area is 154 Å². The van der Waals surface area contributed by atoms with Gasteiger partial charge in [-0.15, -0.1) is 0 Å². The van der Waals surface area contributed by atoms with Crippen molar-refractivity contribution in [2.45, 2.75) is 25.0 Å². The van der Waals surface area contributed by atoms with E-state index in [9.17, 15) is 14.0 Å². The molecule has 2 heterocycles. The van der Waals surface area contributed by atoms with Gasteiger partial charge in [0.2, 0.25) is 0 Å². The Balaban J connectivity index is 1.66. The molecule has 1 fully saturated rings. The number of rotatable bonds is 4. The highest BCUT2D eigenvalue weighted by Crippen LogP contribution is 2.27. The van der Waals surface area contributed by atoms with Crippen molar-refractivity contribution in [1.29, 1.82) is 0 Å². The highest BCUT2D eigenvalue weighted by Gasteiger charge is 2.30. The van der Waals surface area contributed by atoms with Gasteiger partial charge in [0.15, 0.2) is 0 Å². The molecule has 1 aromatic heterocycles. The van der Waals surface area contributed by atoms with E-state index in [2.05, 4.69) is 5.32 Å². The van der Waals surface area contributed by atoms with E-state index in [1.54, 1.807) is 36.4 Å². The largest absolute Gasteiger partial charge is 0.422 e. The van der Waals surface area contributed by atoms with Gasteiger partial charge in [0.05, 0.1) is 12.1 Å². The van der Waals surface area contributed by atoms with Crippen LogP contribution in [0, 0.1) is 5.82 Å². The summed E-state index contributed by atoms with van der Waals surface area (Å²) in [5.74, 6) is -0.898. The monoisotopic (exact) mass is 367 g/mol. The van der Waals surface area contributed by atoms with Crippen LogP contribution in [-0.4, -0.2) is 18.6 Å². The van der Waals surface area contributed by atoms with Crippen LogP contribution in [0.5, 0.6) is 0 Å². The number of halogens is 1. The van der Waals surface area contributed by atoms with Gasteiger partial charge in [0.25, 0.3) is 5.91 Å². The number of hydrogen-bond acceptors (Lipinski definition) is 4. The number of ether oxygens (including phenoxy) is 1. The van der Waals surface area contributed by atoms with Gasteiger partial charge >= 0.3 is 5.63 Å². The number of carbonyl (C=O) groups excluding carboxylic acids is 1. The van der Waals surface area contributed by atoms with Crippen LogP contribution in [0.3, 0.4) is 0 Å². The molecule has 1 amide bonds. The van der Waals surface area contributed by atoms with E-state index < -0.39 is 17.6 Å². The first-order valence-electron chi connectivity index (χ1n) is 8.82. The summed E-state index contributed by atoms with van der Waals surface area (Å²) in [6, 6.07) is 14.0. The van der Waals surface area contributed by atoms with Crippen molar-refractivity contribution in [2.24, 2.45) is 0 Å². The number of nitrogens with one attached hydrogen (secondary N) is 1. The molecule has 1 aliphatic heterocycles. The van der Waals surface area contributed by atoms with Crippen LogP contribution in [0.15, 0.2) is 63.8 Å². The smallest absolute Gasteiger partial charge is 0.349 e. The number of carbonyl (C=O) groups is 1. The van der Waals surface area contributed by atoms with Crippen LogP contribution in [-0.2, 0) is 4.74 Å². The predicted molar refractivity (Wildman–Crippen MR) is 98.1 cm³/mol. The summed E-state index contributed by atoms with van der Waals surface area (Å²) in [5, 5.41) is 3.53. The number of benzene rings is 2. The maximum Gasteiger partial charge on any atom is 0.349 e. The lowest BCUT2D eigenvalue weighted by Gasteiger charge is -2.24. The highest BCUT2D eigenvalue weighted by molar-refractivity contribution is 5.96. The van der Waals surface area contributed by atoms with E-state index >= 15 is 0 Å². The molecule has 1 N–H and O–H groups in total. The topological polar surface area (TPSA) is 68.5 Å². The van der Waals surface area contributed by atoms with E-state index in [1.165, 1.54) is 18.2 Å². The van der Waals surface area contributed by atoms with Crippen LogP contribution in [0.2, 0.25) is 0 Å². The Kier molecular flexibility index (Phi) is 4.73. The average Bonchev–Trinajstić information content (AvgIpc) is 3.20. The Morgan fingerprint density at radius 3 is 2.67 bits per heavy atom. The molecule has 138 valence electrons. The maximum atomic E-state index is 13.3. The maximum absolute atomic E-state index is 13.3. The molecule has 0 spiro atoms. The van der Waals surface area contributed by atoms with Gasteiger partial charge in [0, 0.05) is 12.0 Å². The lowest BCUT2D eigenvalue weighted by atomic mass is 9.98. The molecule has 5 nitrogen and oxygen atoms in total. The molecule has 3 aromatic rings. The van der Waals surface area contributed by atoms with E-state index in [0.717, 1.165) is 18.4 Å². The molecular weight excluding hydrogens is 349 g/mol. The summed E-state index contributed by atoms with van der Waals surface area (Å²) in [6.45, 7) is 0.607. The highest BCUT2D eigenvalue weighted by atomic mass is 19.1. The average molecular weight is 367 g/mol. The van der Waals surface area contributed by atoms with Gasteiger partial charge in [-0.2, -0.15) is 0 Å². The zero-order valence-corrected chi connectivity index (χ0v) is 14.5. The zero-order chi connectivity index (χ0) is 18.8. The zero-order valence-electron chi connectivity index (χ0n) is 14.5. The summed E-state index contributed by atoms with van der Waals surface area (Å²) in [7, 11) is 0. The lowest BCUT2D eigenvalue weighted by molar-refractivity contribution is 0.0670. The van der Waals surface area contributed by atoms with E-state index in [1.807, 2.05) is 0 Å². The second kappa shape index (κ2) is 7.32. The molecule has 0 bridgehead atoms. The van der Waals surface area contributed by atoms with Crippen LogP contribution in [0.25, 0.3) is 11.0 Å². The normalized spacial score (nSPS) is 17.7. The first kappa shape index (κ1) is 17.4. The standard InChI is InChI=1S/C21H18FNO4/c22-15-9-7-13(8-10-15)19(18-6-3-11-26-18)23-20(24)16-12-14-4-1-2-5-17(14)27-21(16)25/h1-2,4-5,7-10,12,18-19H,3,6,11H2,(H,23,24)/t18-,19+/m1/s1. The minimum Gasteiger partial charge on any atom is -0.422 e. The number of amides is 1. The SMILES string of the molecule is O=C(N[C@@H](c1ccc(F)cc1)[C@H]1CCCO1)c1cc2ccccc2oc1=O. The van der Waals surface area contributed by atoms with Gasteiger partial charge < -0.3 is 14.5 Å². The van der Waals surface area contributed by atoms with Gasteiger partial charge in [-0.3, -0.25) is 4.79 Å². The van der Waals surface area contributed by atoms with Crippen molar-refractivity contribution < 1.29 is 18.3 Å². The predicted octanol–water partition coefficient (Wildman–Crippen LogP) is 3.58. The first-order valence-corrected chi connectivity index (χ1v) is 8.82. The molecule has 2 aromatic carbocycles. The van der Waals surface area contributed by atoms with E-state index in [-0.39, 0.29) is 17.5 Å². The van der Waals surface area contributed by atoms with Crippen molar-refractivity contribution in [3.63, 3.8) is 0 Å². The molecule has 2 atom stereocenters. The first-order chi connectivity index (χ1) is 13.1. The van der Waals surface area contributed by atoms with Crippen molar-refractivity contribution in [3.05, 3.63) is 82.0 Å². The quantitative estimate of drug-likeness (QED) is 0.716. The van der Waals surface area contributed by atoms with Gasteiger partial charge in [-0.05, 0) is 42.7 Å². The fourth-order valence-corrected chi connectivity index (χ4v) is 3.37. The lowest BCUT2D eigenvalue weighted by Crippen LogP contribution is -2.38. The molecule has 1 aliphatic rings. The summed E-state index contributed by atoms with van der Waals surface area (Å²) in [6.07, 6.45) is 1.43. The van der Waals surface area contributed by atoms with Crippen LogP contribution in [0.4, 0.5) is 4.39 Å². The Hall–Kier alpha value is -2.99. The minimum absolute atomic E-state index is 0.0705.